The van der Waals surface area contributed by atoms with Crippen LogP contribution in [0.5, 0.6) is 0 Å². The summed E-state index contributed by atoms with van der Waals surface area (Å²) in [5, 5.41) is 0. The van der Waals surface area contributed by atoms with E-state index >= 15 is 0 Å². The van der Waals surface area contributed by atoms with Crippen molar-refractivity contribution >= 4 is 23.1 Å². The Balaban J connectivity index is 0.000000181. The fraction of sp³-hybridized carbons (Fsp3) is 0.143. The molecule has 0 aliphatic carbocycles. The first-order chi connectivity index (χ1) is 8.24. The Hall–Kier alpha value is -1.61. The molecule has 0 radical (unpaired) electrons. The average Bonchev–Trinajstić information content (AvgIpc) is 2.34. The lowest BCUT2D eigenvalue weighted by molar-refractivity contribution is 1.43. The van der Waals surface area contributed by atoms with E-state index < -0.39 is 0 Å². The number of benzene rings is 2. The smallest absolute Gasteiger partial charge is 0.0452 e. The number of anilines is 2. The first kappa shape index (κ1) is 13.5. The summed E-state index contributed by atoms with van der Waals surface area (Å²) in [6.07, 6.45) is 0. The van der Waals surface area contributed by atoms with E-state index in [1.165, 1.54) is 4.90 Å². The molecule has 2 rings (SSSR count). The normalized spacial score (nSPS) is 9.24. The summed E-state index contributed by atoms with van der Waals surface area (Å²) in [5.74, 6) is 1.08. The minimum Gasteiger partial charge on any atom is -0.399 e. The molecule has 0 saturated heterocycles. The molecular formula is C14H18N2S. The first-order valence-electron chi connectivity index (χ1n) is 5.52. The van der Waals surface area contributed by atoms with Crippen LogP contribution in [0.15, 0.2) is 59.5 Å². The van der Waals surface area contributed by atoms with Gasteiger partial charge >= 0.3 is 0 Å². The molecule has 3 heteroatoms. The predicted molar refractivity (Wildman–Crippen MR) is 78.1 cm³/mol. The van der Waals surface area contributed by atoms with Crippen LogP contribution in [0.25, 0.3) is 0 Å². The molecule has 17 heavy (non-hydrogen) atoms. The van der Waals surface area contributed by atoms with Crippen LogP contribution in [-0.2, 0) is 0 Å². The molecule has 2 aromatic carbocycles. The Bertz CT molecular complexity index is 429. The highest BCUT2D eigenvalue weighted by Crippen LogP contribution is 2.23. The van der Waals surface area contributed by atoms with Gasteiger partial charge in [0, 0.05) is 16.3 Å². The van der Waals surface area contributed by atoms with Gasteiger partial charge in [-0.2, -0.15) is 0 Å². The molecule has 0 aliphatic heterocycles. The fourth-order valence-corrected chi connectivity index (χ4v) is 1.94. The zero-order valence-corrected chi connectivity index (χ0v) is 10.8. The Morgan fingerprint density at radius 3 is 1.94 bits per heavy atom. The van der Waals surface area contributed by atoms with E-state index in [9.17, 15) is 0 Å². The Kier molecular flexibility index (Phi) is 6.04. The van der Waals surface area contributed by atoms with Gasteiger partial charge in [-0.15, -0.1) is 11.8 Å². The molecule has 2 aromatic rings. The van der Waals surface area contributed by atoms with E-state index in [-0.39, 0.29) is 0 Å². The number of hydrogen-bond acceptors (Lipinski definition) is 3. The van der Waals surface area contributed by atoms with Gasteiger partial charge in [0.25, 0.3) is 0 Å². The maximum atomic E-state index is 5.69. The van der Waals surface area contributed by atoms with Crippen LogP contribution in [0, 0.1) is 0 Å². The molecule has 0 atom stereocenters. The summed E-state index contributed by atoms with van der Waals surface area (Å²) in [6.45, 7) is 2.12. The minimum absolute atomic E-state index is 0.822. The Labute approximate surface area is 107 Å². The van der Waals surface area contributed by atoms with E-state index in [4.69, 9.17) is 11.5 Å². The monoisotopic (exact) mass is 246 g/mol. The molecule has 2 nitrogen and oxygen atoms in total. The predicted octanol–water partition coefficient (Wildman–Crippen LogP) is 3.65. The maximum Gasteiger partial charge on any atom is 0.0452 e. The third kappa shape index (κ3) is 5.31. The molecule has 0 unspecified atom stereocenters. The van der Waals surface area contributed by atoms with Crippen molar-refractivity contribution < 1.29 is 0 Å². The largest absolute Gasteiger partial charge is 0.399 e. The molecule has 0 aliphatic rings. The lowest BCUT2D eigenvalue weighted by Crippen LogP contribution is -1.86. The fourth-order valence-electron chi connectivity index (χ4n) is 1.22. The molecule has 90 valence electrons. The zero-order valence-electron chi connectivity index (χ0n) is 9.97. The van der Waals surface area contributed by atoms with Gasteiger partial charge in [0.15, 0.2) is 0 Å². The third-order valence-corrected chi connectivity index (χ3v) is 2.99. The highest BCUT2D eigenvalue weighted by atomic mass is 32.2. The van der Waals surface area contributed by atoms with Crippen molar-refractivity contribution in [2.45, 2.75) is 11.8 Å². The number of nitrogens with two attached hydrogens (primary N) is 2. The van der Waals surface area contributed by atoms with E-state index in [2.05, 4.69) is 6.92 Å². The van der Waals surface area contributed by atoms with Gasteiger partial charge in [-0.3, -0.25) is 0 Å². The van der Waals surface area contributed by atoms with Crippen molar-refractivity contribution in [3.63, 3.8) is 0 Å². The highest BCUT2D eigenvalue weighted by molar-refractivity contribution is 7.99. The topological polar surface area (TPSA) is 52.0 Å². The second kappa shape index (κ2) is 7.63. The van der Waals surface area contributed by atoms with Crippen LogP contribution < -0.4 is 11.5 Å². The maximum absolute atomic E-state index is 5.69. The van der Waals surface area contributed by atoms with Gasteiger partial charge in [-0.1, -0.05) is 37.3 Å². The second-order valence-corrected chi connectivity index (χ2v) is 4.69. The molecule has 0 saturated carbocycles. The van der Waals surface area contributed by atoms with Crippen molar-refractivity contribution in [3.05, 3.63) is 54.6 Å². The standard InChI is InChI=1S/C8H11NS.C6H7N/c1-2-10-8-6-4-3-5-7(8)9;7-6-4-2-1-3-5-6/h3-6H,2,9H2,1H3;1-5H,7H2. The van der Waals surface area contributed by atoms with Crippen LogP contribution in [-0.4, -0.2) is 5.75 Å². The summed E-state index contributed by atoms with van der Waals surface area (Å²) >= 11 is 1.78. The summed E-state index contributed by atoms with van der Waals surface area (Å²) in [7, 11) is 0. The van der Waals surface area contributed by atoms with E-state index in [0.29, 0.717) is 0 Å². The summed E-state index contributed by atoms with van der Waals surface area (Å²) in [5.41, 5.74) is 12.7. The number of thioether (sulfide) groups is 1. The van der Waals surface area contributed by atoms with E-state index in [1.807, 2.05) is 54.6 Å². The van der Waals surface area contributed by atoms with Gasteiger partial charge < -0.3 is 11.5 Å². The van der Waals surface area contributed by atoms with Gasteiger partial charge in [0.05, 0.1) is 0 Å². The number of nitrogen functional groups attached to an aromatic ring is 2. The van der Waals surface area contributed by atoms with Crippen LogP contribution >= 0.6 is 11.8 Å². The molecule has 0 aromatic heterocycles. The van der Waals surface area contributed by atoms with E-state index in [1.54, 1.807) is 11.8 Å². The van der Waals surface area contributed by atoms with Gasteiger partial charge in [0.2, 0.25) is 0 Å². The number of hydrogen-bond donors (Lipinski definition) is 2. The quantitative estimate of drug-likeness (QED) is 0.628. The molecule has 0 amide bonds. The number of para-hydroxylation sites is 2. The van der Waals surface area contributed by atoms with E-state index in [0.717, 1.165) is 17.1 Å². The Morgan fingerprint density at radius 2 is 1.47 bits per heavy atom. The summed E-state index contributed by atoms with van der Waals surface area (Å²) < 4.78 is 0. The van der Waals surface area contributed by atoms with Crippen molar-refractivity contribution in [1.82, 2.24) is 0 Å². The summed E-state index contributed by atoms with van der Waals surface area (Å²) in [6, 6.07) is 17.4. The van der Waals surface area contributed by atoms with Crippen LogP contribution in [0.4, 0.5) is 11.4 Å². The number of rotatable bonds is 2. The van der Waals surface area contributed by atoms with Crippen molar-refractivity contribution in [2.75, 3.05) is 17.2 Å². The minimum atomic E-state index is 0.822. The molecular weight excluding hydrogens is 228 g/mol. The highest BCUT2D eigenvalue weighted by Gasteiger charge is 1.93. The molecule has 0 fully saturated rings. The van der Waals surface area contributed by atoms with Crippen LogP contribution in [0.1, 0.15) is 6.92 Å². The summed E-state index contributed by atoms with van der Waals surface area (Å²) in [4.78, 5) is 1.19. The molecule has 0 spiro atoms. The van der Waals surface area contributed by atoms with Crippen molar-refractivity contribution in [1.29, 1.82) is 0 Å². The second-order valence-electron chi connectivity index (χ2n) is 3.38. The van der Waals surface area contributed by atoms with Gasteiger partial charge in [0.1, 0.15) is 0 Å². The molecule has 0 bridgehead atoms. The third-order valence-electron chi connectivity index (χ3n) is 2.02. The molecule has 0 heterocycles. The average molecular weight is 246 g/mol. The van der Waals surface area contributed by atoms with Crippen molar-refractivity contribution in [2.24, 2.45) is 0 Å². The van der Waals surface area contributed by atoms with Crippen LogP contribution in [0.3, 0.4) is 0 Å². The van der Waals surface area contributed by atoms with Gasteiger partial charge in [-0.05, 0) is 30.0 Å². The lowest BCUT2D eigenvalue weighted by atomic mass is 10.3. The van der Waals surface area contributed by atoms with Gasteiger partial charge in [-0.25, -0.2) is 0 Å². The van der Waals surface area contributed by atoms with Crippen molar-refractivity contribution in [3.8, 4) is 0 Å². The Morgan fingerprint density at radius 1 is 0.882 bits per heavy atom. The SMILES string of the molecule is CCSc1ccccc1N.Nc1ccccc1. The first-order valence-corrected chi connectivity index (χ1v) is 6.50. The molecule has 4 N–H and O–H groups in total. The lowest BCUT2D eigenvalue weighted by Gasteiger charge is -2.00. The zero-order chi connectivity index (χ0) is 12.5. The van der Waals surface area contributed by atoms with Crippen LogP contribution in [0.2, 0.25) is 0 Å².